The molecular formula is C17H27ClN2O. The van der Waals surface area contributed by atoms with E-state index in [9.17, 15) is 0 Å². The van der Waals surface area contributed by atoms with E-state index in [0.29, 0.717) is 6.04 Å². The predicted octanol–water partition coefficient (Wildman–Crippen LogP) is 3.70. The third-order valence-electron chi connectivity index (χ3n) is 4.91. The molecule has 1 saturated heterocycles. The smallest absolute Gasteiger partial charge is 0.124 e. The minimum absolute atomic E-state index is 0.223. The highest BCUT2D eigenvalue weighted by molar-refractivity contribution is 6.31. The summed E-state index contributed by atoms with van der Waals surface area (Å²) < 4.78 is 5.48. The number of nitrogens with one attached hydrogen (secondary N) is 1. The Kier molecular flexibility index (Phi) is 5.53. The van der Waals surface area contributed by atoms with E-state index in [1.807, 2.05) is 18.2 Å². The van der Waals surface area contributed by atoms with Crippen molar-refractivity contribution in [1.29, 1.82) is 0 Å². The molecule has 3 nitrogen and oxygen atoms in total. The van der Waals surface area contributed by atoms with E-state index < -0.39 is 0 Å². The van der Waals surface area contributed by atoms with Crippen molar-refractivity contribution in [3.05, 3.63) is 28.8 Å². The van der Waals surface area contributed by atoms with Gasteiger partial charge in [0, 0.05) is 41.8 Å². The van der Waals surface area contributed by atoms with Crippen LogP contribution in [0.1, 0.15) is 39.2 Å². The van der Waals surface area contributed by atoms with E-state index in [1.165, 1.54) is 0 Å². The Morgan fingerprint density at radius 1 is 1.38 bits per heavy atom. The molecule has 1 fully saturated rings. The van der Waals surface area contributed by atoms with Gasteiger partial charge in [0.2, 0.25) is 0 Å². The van der Waals surface area contributed by atoms with Crippen LogP contribution >= 0.6 is 11.6 Å². The second-order valence-corrected chi connectivity index (χ2v) is 6.45. The van der Waals surface area contributed by atoms with Crippen LogP contribution in [0.3, 0.4) is 0 Å². The van der Waals surface area contributed by atoms with Crippen molar-refractivity contribution in [3.63, 3.8) is 0 Å². The lowest BCUT2D eigenvalue weighted by atomic mass is 9.88. The van der Waals surface area contributed by atoms with Crippen molar-refractivity contribution < 1.29 is 4.74 Å². The summed E-state index contributed by atoms with van der Waals surface area (Å²) in [5, 5.41) is 4.53. The number of hydrogen-bond donors (Lipinski definition) is 1. The molecule has 21 heavy (non-hydrogen) atoms. The first-order chi connectivity index (χ1) is 10.0. The summed E-state index contributed by atoms with van der Waals surface area (Å²) in [6.45, 7) is 9.71. The number of rotatable bonds is 5. The van der Waals surface area contributed by atoms with Gasteiger partial charge in [-0.2, -0.15) is 0 Å². The molecular weight excluding hydrogens is 284 g/mol. The molecule has 0 amide bonds. The highest BCUT2D eigenvalue weighted by atomic mass is 35.5. The van der Waals surface area contributed by atoms with E-state index in [-0.39, 0.29) is 5.54 Å². The topological polar surface area (TPSA) is 24.5 Å². The maximum atomic E-state index is 6.39. The Balaban J connectivity index is 2.21. The average Bonchev–Trinajstić information content (AvgIpc) is 2.51. The molecule has 1 aromatic carbocycles. The molecule has 0 saturated carbocycles. The molecule has 4 heteroatoms. The highest BCUT2D eigenvalue weighted by Gasteiger charge is 2.35. The first kappa shape index (κ1) is 16.6. The van der Waals surface area contributed by atoms with Crippen LogP contribution in [0.4, 0.5) is 0 Å². The molecule has 2 rings (SSSR count). The highest BCUT2D eigenvalue weighted by Crippen LogP contribution is 2.30. The molecule has 1 aromatic rings. The van der Waals surface area contributed by atoms with Crippen LogP contribution < -0.4 is 10.1 Å². The van der Waals surface area contributed by atoms with Gasteiger partial charge >= 0.3 is 0 Å². The van der Waals surface area contributed by atoms with Gasteiger partial charge in [0.1, 0.15) is 5.75 Å². The van der Waals surface area contributed by atoms with Crippen molar-refractivity contribution in [2.45, 2.75) is 51.7 Å². The van der Waals surface area contributed by atoms with Crippen LogP contribution in [-0.2, 0) is 6.54 Å². The molecule has 0 aliphatic carbocycles. The zero-order chi connectivity index (χ0) is 15.5. The molecule has 0 aromatic heterocycles. The fourth-order valence-electron chi connectivity index (χ4n) is 3.12. The molecule has 1 N–H and O–H groups in total. The number of ether oxygens (including phenoxy) is 1. The summed E-state index contributed by atoms with van der Waals surface area (Å²) in [6.07, 6.45) is 2.29. The van der Waals surface area contributed by atoms with Crippen molar-refractivity contribution in [3.8, 4) is 5.75 Å². The summed E-state index contributed by atoms with van der Waals surface area (Å²) >= 11 is 6.39. The third-order valence-corrected chi connectivity index (χ3v) is 5.27. The average molecular weight is 311 g/mol. The molecule has 1 unspecified atom stereocenters. The van der Waals surface area contributed by atoms with Gasteiger partial charge in [-0.1, -0.05) is 31.5 Å². The first-order valence-electron chi connectivity index (χ1n) is 7.85. The van der Waals surface area contributed by atoms with E-state index in [1.54, 1.807) is 7.11 Å². The second-order valence-electron chi connectivity index (χ2n) is 6.04. The van der Waals surface area contributed by atoms with Gasteiger partial charge in [-0.3, -0.25) is 4.90 Å². The van der Waals surface area contributed by atoms with Gasteiger partial charge < -0.3 is 10.1 Å². The second kappa shape index (κ2) is 6.99. The van der Waals surface area contributed by atoms with E-state index in [2.05, 4.69) is 31.0 Å². The monoisotopic (exact) mass is 310 g/mol. The Morgan fingerprint density at radius 3 is 2.71 bits per heavy atom. The van der Waals surface area contributed by atoms with E-state index >= 15 is 0 Å². The van der Waals surface area contributed by atoms with Gasteiger partial charge in [0.25, 0.3) is 0 Å². The molecule has 1 atom stereocenters. The Labute approximate surface area is 133 Å². The maximum Gasteiger partial charge on any atom is 0.124 e. The fraction of sp³-hybridized carbons (Fsp3) is 0.647. The predicted molar refractivity (Wildman–Crippen MR) is 89.2 cm³/mol. The molecule has 118 valence electrons. The quantitative estimate of drug-likeness (QED) is 0.897. The SMILES string of the molecule is CCC1(CC)CN(Cc2c(Cl)cccc2OC)C(C)CN1. The Hall–Kier alpha value is -0.770. The first-order valence-corrected chi connectivity index (χ1v) is 8.23. The fourth-order valence-corrected chi connectivity index (χ4v) is 3.34. The normalized spacial score (nSPS) is 22.2. The minimum Gasteiger partial charge on any atom is -0.496 e. The van der Waals surface area contributed by atoms with E-state index in [4.69, 9.17) is 16.3 Å². The van der Waals surface area contributed by atoms with Crippen molar-refractivity contribution in [2.24, 2.45) is 0 Å². The van der Waals surface area contributed by atoms with Crippen LogP contribution in [0, 0.1) is 0 Å². The number of methoxy groups -OCH3 is 1. The minimum atomic E-state index is 0.223. The van der Waals surface area contributed by atoms with Crippen LogP contribution in [-0.4, -0.2) is 36.7 Å². The molecule has 0 bridgehead atoms. The number of hydrogen-bond acceptors (Lipinski definition) is 3. The summed E-state index contributed by atoms with van der Waals surface area (Å²) in [5.74, 6) is 0.881. The number of piperazine rings is 1. The van der Waals surface area contributed by atoms with Crippen LogP contribution in [0.5, 0.6) is 5.75 Å². The lowest BCUT2D eigenvalue weighted by Crippen LogP contribution is -2.62. The number of halogens is 1. The summed E-state index contributed by atoms with van der Waals surface area (Å²) in [7, 11) is 1.71. The number of benzene rings is 1. The van der Waals surface area contributed by atoms with Crippen molar-refractivity contribution in [1.82, 2.24) is 10.2 Å². The molecule has 1 aliphatic heterocycles. The van der Waals surface area contributed by atoms with Gasteiger partial charge in [-0.15, -0.1) is 0 Å². The largest absolute Gasteiger partial charge is 0.496 e. The molecule has 1 aliphatic rings. The lowest BCUT2D eigenvalue weighted by Gasteiger charge is -2.46. The Morgan fingerprint density at radius 2 is 2.10 bits per heavy atom. The van der Waals surface area contributed by atoms with Gasteiger partial charge in [-0.05, 0) is 31.9 Å². The molecule has 1 heterocycles. The molecule has 0 radical (unpaired) electrons. The zero-order valence-corrected chi connectivity index (χ0v) is 14.3. The van der Waals surface area contributed by atoms with Crippen LogP contribution in [0.15, 0.2) is 18.2 Å². The van der Waals surface area contributed by atoms with Crippen molar-refractivity contribution >= 4 is 11.6 Å². The zero-order valence-electron chi connectivity index (χ0n) is 13.6. The van der Waals surface area contributed by atoms with Gasteiger partial charge in [-0.25, -0.2) is 0 Å². The van der Waals surface area contributed by atoms with Gasteiger partial charge in [0.15, 0.2) is 0 Å². The maximum absolute atomic E-state index is 6.39. The lowest BCUT2D eigenvalue weighted by molar-refractivity contribution is 0.0739. The molecule has 0 spiro atoms. The van der Waals surface area contributed by atoms with Gasteiger partial charge in [0.05, 0.1) is 7.11 Å². The Bertz CT molecular complexity index is 474. The van der Waals surface area contributed by atoms with Crippen LogP contribution in [0.2, 0.25) is 5.02 Å². The standard InChI is InChI=1S/C17H27ClN2O/c1-5-17(6-2)12-20(13(3)10-19-17)11-14-15(18)8-7-9-16(14)21-4/h7-9,13,19H,5-6,10-12H2,1-4H3. The van der Waals surface area contributed by atoms with Crippen LogP contribution in [0.25, 0.3) is 0 Å². The summed E-state index contributed by atoms with van der Waals surface area (Å²) in [4.78, 5) is 2.52. The third kappa shape index (κ3) is 3.53. The summed E-state index contributed by atoms with van der Waals surface area (Å²) in [5.41, 5.74) is 1.32. The van der Waals surface area contributed by atoms with E-state index in [0.717, 1.165) is 48.8 Å². The summed E-state index contributed by atoms with van der Waals surface area (Å²) in [6, 6.07) is 6.37. The van der Waals surface area contributed by atoms with Crippen molar-refractivity contribution in [2.75, 3.05) is 20.2 Å². The number of nitrogens with zero attached hydrogens (tertiary/aromatic N) is 1.